The molecule has 1 saturated carbocycles. The van der Waals surface area contributed by atoms with E-state index in [-0.39, 0.29) is 6.10 Å². The number of hydrogen-bond donors (Lipinski definition) is 0. The van der Waals surface area contributed by atoms with Crippen LogP contribution in [0.15, 0.2) is 0 Å². The average molecular weight is 296 g/mol. The summed E-state index contributed by atoms with van der Waals surface area (Å²) < 4.78 is 11.1. The molecule has 0 aromatic heterocycles. The van der Waals surface area contributed by atoms with E-state index in [2.05, 4.69) is 4.90 Å². The standard InChI is InChI=1S/C16H28N2O3/c1-20-8-6-17-7-9-21-15-12-18(11-14(15)17)16(19)10-13-4-2-3-5-13/h13-15H,2-12H2,1H3/t14-,15+/m1/s1. The fourth-order valence-electron chi connectivity index (χ4n) is 4.04. The quantitative estimate of drug-likeness (QED) is 0.762. The summed E-state index contributed by atoms with van der Waals surface area (Å²) in [5.41, 5.74) is 0. The second-order valence-electron chi connectivity index (χ2n) is 6.66. The maximum absolute atomic E-state index is 12.5. The summed E-state index contributed by atoms with van der Waals surface area (Å²) in [4.78, 5) is 17.0. The van der Waals surface area contributed by atoms with Crippen molar-refractivity contribution in [2.75, 3.05) is 46.5 Å². The van der Waals surface area contributed by atoms with Gasteiger partial charge in [0, 0.05) is 39.7 Å². The number of methoxy groups -OCH3 is 1. The fourth-order valence-corrected chi connectivity index (χ4v) is 4.04. The molecular weight excluding hydrogens is 268 g/mol. The van der Waals surface area contributed by atoms with Gasteiger partial charge in [0.25, 0.3) is 0 Å². The van der Waals surface area contributed by atoms with Crippen LogP contribution < -0.4 is 0 Å². The van der Waals surface area contributed by atoms with Crippen LogP contribution in [0.2, 0.25) is 0 Å². The lowest BCUT2D eigenvalue weighted by Gasteiger charge is -2.36. The van der Waals surface area contributed by atoms with Crippen molar-refractivity contribution in [3.8, 4) is 0 Å². The van der Waals surface area contributed by atoms with Crippen LogP contribution in [0.4, 0.5) is 0 Å². The normalized spacial score (nSPS) is 30.8. The highest BCUT2D eigenvalue weighted by Gasteiger charge is 2.41. The van der Waals surface area contributed by atoms with Crippen LogP contribution in [0.1, 0.15) is 32.1 Å². The van der Waals surface area contributed by atoms with Gasteiger partial charge in [0.1, 0.15) is 0 Å². The van der Waals surface area contributed by atoms with Crippen LogP contribution >= 0.6 is 0 Å². The molecule has 0 aromatic carbocycles. The second-order valence-corrected chi connectivity index (χ2v) is 6.66. The van der Waals surface area contributed by atoms with Gasteiger partial charge in [-0.1, -0.05) is 12.8 Å². The first kappa shape index (κ1) is 15.3. The molecule has 5 nitrogen and oxygen atoms in total. The Bertz CT molecular complexity index is 357. The highest BCUT2D eigenvalue weighted by atomic mass is 16.5. The number of carbonyl (C=O) groups is 1. The first-order chi connectivity index (χ1) is 10.3. The fraction of sp³-hybridized carbons (Fsp3) is 0.938. The molecule has 0 radical (unpaired) electrons. The van der Waals surface area contributed by atoms with E-state index in [9.17, 15) is 4.79 Å². The molecule has 21 heavy (non-hydrogen) atoms. The van der Waals surface area contributed by atoms with Crippen molar-refractivity contribution in [2.45, 2.75) is 44.2 Å². The van der Waals surface area contributed by atoms with E-state index < -0.39 is 0 Å². The third-order valence-electron chi connectivity index (χ3n) is 5.29. The maximum Gasteiger partial charge on any atom is 0.222 e. The topological polar surface area (TPSA) is 42.0 Å². The minimum absolute atomic E-state index is 0.197. The first-order valence-electron chi connectivity index (χ1n) is 8.40. The summed E-state index contributed by atoms with van der Waals surface area (Å²) in [5.74, 6) is 0.970. The lowest BCUT2D eigenvalue weighted by Crippen LogP contribution is -2.51. The van der Waals surface area contributed by atoms with Crippen molar-refractivity contribution in [3.63, 3.8) is 0 Å². The Labute approximate surface area is 127 Å². The molecule has 5 heteroatoms. The van der Waals surface area contributed by atoms with Crippen LogP contribution in [-0.2, 0) is 14.3 Å². The van der Waals surface area contributed by atoms with Crippen LogP contribution in [-0.4, -0.2) is 74.4 Å². The molecule has 3 fully saturated rings. The number of likely N-dealkylation sites (tertiary alicyclic amines) is 1. The van der Waals surface area contributed by atoms with Crippen LogP contribution in [0, 0.1) is 5.92 Å². The van der Waals surface area contributed by atoms with Gasteiger partial charge < -0.3 is 14.4 Å². The van der Waals surface area contributed by atoms with Crippen molar-refractivity contribution >= 4 is 5.91 Å². The van der Waals surface area contributed by atoms with Gasteiger partial charge in [-0.15, -0.1) is 0 Å². The summed E-state index contributed by atoms with van der Waals surface area (Å²) in [7, 11) is 1.74. The first-order valence-corrected chi connectivity index (χ1v) is 8.40. The molecule has 0 spiro atoms. The van der Waals surface area contributed by atoms with Gasteiger partial charge in [0.2, 0.25) is 5.91 Å². The average Bonchev–Trinajstić information content (AvgIpc) is 3.13. The highest BCUT2D eigenvalue weighted by Crippen LogP contribution is 2.30. The van der Waals surface area contributed by atoms with E-state index in [0.29, 0.717) is 17.9 Å². The van der Waals surface area contributed by atoms with Crippen LogP contribution in [0.3, 0.4) is 0 Å². The van der Waals surface area contributed by atoms with E-state index in [1.165, 1.54) is 25.7 Å². The summed E-state index contributed by atoms with van der Waals surface area (Å²) in [6, 6.07) is 0.362. The van der Waals surface area contributed by atoms with E-state index in [1.807, 2.05) is 4.90 Å². The van der Waals surface area contributed by atoms with Gasteiger partial charge in [0.05, 0.1) is 25.4 Å². The van der Waals surface area contributed by atoms with Crippen molar-refractivity contribution in [1.82, 2.24) is 9.80 Å². The van der Waals surface area contributed by atoms with E-state index in [1.54, 1.807) is 7.11 Å². The monoisotopic (exact) mass is 296 g/mol. The Morgan fingerprint density at radius 2 is 2.10 bits per heavy atom. The molecule has 1 amide bonds. The number of nitrogens with zero attached hydrogens (tertiary/aromatic N) is 2. The zero-order valence-electron chi connectivity index (χ0n) is 13.1. The SMILES string of the molecule is COCCN1CCO[C@H]2CN(C(=O)CC3CCCC3)C[C@H]21. The van der Waals surface area contributed by atoms with Crippen LogP contribution in [0.5, 0.6) is 0 Å². The summed E-state index contributed by atoms with van der Waals surface area (Å²) in [6.07, 6.45) is 6.03. The predicted molar refractivity (Wildman–Crippen MR) is 80.1 cm³/mol. The van der Waals surface area contributed by atoms with Gasteiger partial charge >= 0.3 is 0 Å². The molecule has 0 bridgehead atoms. The molecule has 1 aliphatic carbocycles. The summed E-state index contributed by atoms with van der Waals surface area (Å²) in [5, 5.41) is 0. The van der Waals surface area contributed by atoms with Crippen molar-refractivity contribution in [1.29, 1.82) is 0 Å². The molecule has 2 atom stereocenters. The third-order valence-corrected chi connectivity index (χ3v) is 5.29. The smallest absolute Gasteiger partial charge is 0.222 e. The lowest BCUT2D eigenvalue weighted by atomic mass is 10.0. The van der Waals surface area contributed by atoms with E-state index in [4.69, 9.17) is 9.47 Å². The van der Waals surface area contributed by atoms with Crippen molar-refractivity contribution in [3.05, 3.63) is 0 Å². The summed E-state index contributed by atoms with van der Waals surface area (Å²) >= 11 is 0. The van der Waals surface area contributed by atoms with Crippen molar-refractivity contribution in [2.24, 2.45) is 5.92 Å². The number of ether oxygens (including phenoxy) is 2. The predicted octanol–water partition coefficient (Wildman–Crippen LogP) is 1.12. The zero-order chi connectivity index (χ0) is 14.7. The van der Waals surface area contributed by atoms with Gasteiger partial charge in [-0.05, 0) is 18.8 Å². The second kappa shape index (κ2) is 7.07. The largest absolute Gasteiger partial charge is 0.383 e. The zero-order valence-corrected chi connectivity index (χ0v) is 13.1. The molecule has 2 heterocycles. The van der Waals surface area contributed by atoms with Gasteiger partial charge in [-0.2, -0.15) is 0 Å². The number of morpholine rings is 1. The Hall–Kier alpha value is -0.650. The van der Waals surface area contributed by atoms with Gasteiger partial charge in [-0.3, -0.25) is 9.69 Å². The Balaban J connectivity index is 1.53. The van der Waals surface area contributed by atoms with E-state index >= 15 is 0 Å². The highest BCUT2D eigenvalue weighted by molar-refractivity contribution is 5.77. The number of carbonyl (C=O) groups excluding carboxylic acids is 1. The molecule has 120 valence electrons. The van der Waals surface area contributed by atoms with Gasteiger partial charge in [0.15, 0.2) is 0 Å². The molecule has 3 aliphatic rings. The van der Waals surface area contributed by atoms with Gasteiger partial charge in [-0.25, -0.2) is 0 Å². The molecule has 2 saturated heterocycles. The third kappa shape index (κ3) is 3.58. The Kier molecular flexibility index (Phi) is 5.14. The lowest BCUT2D eigenvalue weighted by molar-refractivity contribution is -0.131. The molecule has 0 N–H and O–H groups in total. The van der Waals surface area contributed by atoms with E-state index in [0.717, 1.165) is 45.8 Å². The minimum Gasteiger partial charge on any atom is -0.383 e. The molecule has 0 aromatic rings. The molecule has 0 unspecified atom stereocenters. The molecule has 3 rings (SSSR count). The molecular formula is C16H28N2O3. The van der Waals surface area contributed by atoms with Crippen molar-refractivity contribution < 1.29 is 14.3 Å². The number of fused-ring (bicyclic) bond motifs is 1. The number of hydrogen-bond acceptors (Lipinski definition) is 4. The maximum atomic E-state index is 12.5. The Morgan fingerprint density at radius 1 is 1.29 bits per heavy atom. The molecule has 2 aliphatic heterocycles. The Morgan fingerprint density at radius 3 is 2.86 bits per heavy atom. The number of rotatable bonds is 5. The minimum atomic E-state index is 0.197. The van der Waals surface area contributed by atoms with Crippen LogP contribution in [0.25, 0.3) is 0 Å². The number of amides is 1. The summed E-state index contributed by atoms with van der Waals surface area (Å²) in [6.45, 7) is 5.02.